The number of halogens is 1. The summed E-state index contributed by atoms with van der Waals surface area (Å²) >= 11 is 7.31. The molecule has 0 unspecified atom stereocenters. The lowest BCUT2D eigenvalue weighted by molar-refractivity contribution is -0.384. The number of carbonyl (C=O) groups is 2. The van der Waals surface area contributed by atoms with Crippen molar-refractivity contribution in [2.75, 3.05) is 7.05 Å². The Kier molecular flexibility index (Phi) is 6.03. The first-order valence-electron chi connectivity index (χ1n) is 9.37. The van der Waals surface area contributed by atoms with E-state index < -0.39 is 10.9 Å². The van der Waals surface area contributed by atoms with Crippen LogP contribution in [0.2, 0.25) is 5.02 Å². The number of hydrogen-bond donors (Lipinski definition) is 1. The summed E-state index contributed by atoms with van der Waals surface area (Å²) in [5.41, 5.74) is 1.01. The van der Waals surface area contributed by atoms with Crippen LogP contribution < -0.4 is 0 Å². The first kappa shape index (κ1) is 22.3. The first-order valence-corrected chi connectivity index (χ1v) is 10.6. The Bertz CT molecular complexity index is 1350. The van der Waals surface area contributed by atoms with Crippen LogP contribution in [0.3, 0.4) is 0 Å². The molecule has 3 aromatic rings. The molecule has 0 bridgehead atoms. The number of benzene rings is 2. The van der Waals surface area contributed by atoms with Crippen molar-refractivity contribution in [2.45, 2.75) is 0 Å². The molecule has 11 heteroatoms. The summed E-state index contributed by atoms with van der Waals surface area (Å²) in [7, 11) is 1.59. The molecule has 1 aromatic heterocycles. The highest BCUT2D eigenvalue weighted by atomic mass is 35.5. The average molecular weight is 484 g/mol. The number of nitrogens with zero attached hydrogens (tertiary/aromatic N) is 3. The van der Waals surface area contributed by atoms with E-state index in [2.05, 4.69) is 4.99 Å². The number of carboxylic acids is 1. The normalized spacial score (nSPS) is 16.1. The average Bonchev–Trinajstić information content (AvgIpc) is 3.34. The molecule has 2 heterocycles. The fourth-order valence-electron chi connectivity index (χ4n) is 2.96. The number of amidine groups is 1. The Labute approximate surface area is 196 Å². The highest BCUT2D eigenvalue weighted by Gasteiger charge is 2.30. The molecule has 1 saturated heterocycles. The minimum Gasteiger partial charge on any atom is -0.478 e. The minimum absolute atomic E-state index is 0.127. The predicted molar refractivity (Wildman–Crippen MR) is 125 cm³/mol. The molecule has 1 aliphatic heterocycles. The van der Waals surface area contributed by atoms with Gasteiger partial charge in [0.1, 0.15) is 11.5 Å². The lowest BCUT2D eigenvalue weighted by Crippen LogP contribution is -2.23. The Morgan fingerprint density at radius 2 is 1.94 bits per heavy atom. The van der Waals surface area contributed by atoms with Crippen molar-refractivity contribution in [3.05, 3.63) is 86.0 Å². The minimum atomic E-state index is -1.03. The number of carbonyl (C=O) groups excluding carboxylic acids is 1. The maximum atomic E-state index is 12.6. The maximum Gasteiger partial charge on any atom is 0.335 e. The van der Waals surface area contributed by atoms with Gasteiger partial charge in [0.15, 0.2) is 5.17 Å². The zero-order chi connectivity index (χ0) is 23.7. The lowest BCUT2D eigenvalue weighted by Gasteiger charge is -2.07. The number of nitro groups is 1. The fourth-order valence-corrected chi connectivity index (χ4v) is 4.20. The van der Waals surface area contributed by atoms with Gasteiger partial charge in [0.05, 0.1) is 26.1 Å². The smallest absolute Gasteiger partial charge is 0.335 e. The molecule has 1 amide bonds. The number of amides is 1. The number of nitro benzene ring substituents is 1. The molecule has 0 radical (unpaired) electrons. The molecular weight excluding hydrogens is 470 g/mol. The van der Waals surface area contributed by atoms with Crippen molar-refractivity contribution in [1.82, 2.24) is 4.90 Å². The van der Waals surface area contributed by atoms with Crippen molar-refractivity contribution >= 4 is 57.9 Å². The second-order valence-electron chi connectivity index (χ2n) is 6.84. The molecular formula is C22H14ClN3O6S. The van der Waals surface area contributed by atoms with E-state index in [1.54, 1.807) is 37.4 Å². The molecule has 33 heavy (non-hydrogen) atoms. The molecule has 166 valence electrons. The number of rotatable bonds is 5. The third-order valence-electron chi connectivity index (χ3n) is 4.67. The van der Waals surface area contributed by atoms with Gasteiger partial charge in [-0.15, -0.1) is 0 Å². The van der Waals surface area contributed by atoms with Crippen LogP contribution in [0.15, 0.2) is 68.9 Å². The molecule has 2 aromatic carbocycles. The van der Waals surface area contributed by atoms with Crippen LogP contribution in [0.1, 0.15) is 16.1 Å². The predicted octanol–water partition coefficient (Wildman–Crippen LogP) is 5.44. The largest absolute Gasteiger partial charge is 0.478 e. The molecule has 9 nitrogen and oxygen atoms in total. The Morgan fingerprint density at radius 1 is 1.21 bits per heavy atom. The lowest BCUT2D eigenvalue weighted by atomic mass is 10.1. The number of aliphatic imine (C=N–C) groups is 1. The SMILES string of the molecule is CN1C(=O)/C(=C/c2ccc(-c3ccc([N+](=O)[O-])cc3Cl)o2)SC1=Nc1ccc(C(=O)O)cc1. The van der Waals surface area contributed by atoms with E-state index in [4.69, 9.17) is 21.1 Å². The number of hydrogen-bond acceptors (Lipinski definition) is 7. The van der Waals surface area contributed by atoms with Crippen LogP contribution >= 0.6 is 23.4 Å². The number of furan rings is 1. The van der Waals surface area contributed by atoms with E-state index in [1.807, 2.05) is 0 Å². The van der Waals surface area contributed by atoms with E-state index in [9.17, 15) is 19.7 Å². The zero-order valence-electron chi connectivity index (χ0n) is 16.9. The Balaban J connectivity index is 1.56. The van der Waals surface area contributed by atoms with Crippen LogP contribution in [0.25, 0.3) is 17.4 Å². The summed E-state index contributed by atoms with van der Waals surface area (Å²) in [6, 6.07) is 13.4. The number of likely N-dealkylation sites (N-methyl/N-ethyl adjacent to an activating group) is 1. The van der Waals surface area contributed by atoms with Gasteiger partial charge in [0.2, 0.25) is 0 Å². The van der Waals surface area contributed by atoms with Gasteiger partial charge in [-0.25, -0.2) is 9.79 Å². The summed E-state index contributed by atoms with van der Waals surface area (Å²) in [5.74, 6) is -0.504. The van der Waals surface area contributed by atoms with Gasteiger partial charge in [-0.1, -0.05) is 11.6 Å². The molecule has 1 N–H and O–H groups in total. The second kappa shape index (κ2) is 8.93. The Hall–Kier alpha value is -3.89. The van der Waals surface area contributed by atoms with Gasteiger partial charge < -0.3 is 9.52 Å². The number of non-ortho nitro benzene ring substituents is 1. The van der Waals surface area contributed by atoms with Crippen molar-refractivity contribution < 1.29 is 24.0 Å². The van der Waals surface area contributed by atoms with Crippen LogP contribution in [-0.2, 0) is 4.79 Å². The quantitative estimate of drug-likeness (QED) is 0.291. The summed E-state index contributed by atoms with van der Waals surface area (Å²) < 4.78 is 5.78. The third kappa shape index (κ3) is 4.66. The third-order valence-corrected chi connectivity index (χ3v) is 6.04. The van der Waals surface area contributed by atoms with Crippen LogP contribution in [0.4, 0.5) is 11.4 Å². The molecule has 0 aliphatic carbocycles. The molecule has 1 fully saturated rings. The second-order valence-corrected chi connectivity index (χ2v) is 8.26. The molecule has 4 rings (SSSR count). The van der Waals surface area contributed by atoms with E-state index in [-0.39, 0.29) is 22.2 Å². The number of aromatic carboxylic acids is 1. The van der Waals surface area contributed by atoms with Crippen molar-refractivity contribution in [1.29, 1.82) is 0 Å². The highest BCUT2D eigenvalue weighted by molar-refractivity contribution is 8.18. The summed E-state index contributed by atoms with van der Waals surface area (Å²) in [6.45, 7) is 0. The zero-order valence-corrected chi connectivity index (χ0v) is 18.5. The monoisotopic (exact) mass is 483 g/mol. The standard InChI is InChI=1S/C22H14ClN3O6S/c1-25-20(27)19(33-22(25)24-13-4-2-12(3-5-13)21(28)29)11-15-7-9-18(32-15)16-8-6-14(26(30)31)10-17(16)23/h2-11H,1H3,(H,28,29)/b19-11-,24-22?. The molecule has 1 aliphatic rings. The fraction of sp³-hybridized carbons (Fsp3) is 0.0455. The van der Waals surface area contributed by atoms with Crippen molar-refractivity contribution in [2.24, 2.45) is 4.99 Å². The number of carboxylic acid groups (broad SMARTS) is 1. The van der Waals surface area contributed by atoms with Crippen molar-refractivity contribution in [3.63, 3.8) is 0 Å². The van der Waals surface area contributed by atoms with Crippen LogP contribution in [0.5, 0.6) is 0 Å². The van der Waals surface area contributed by atoms with E-state index in [1.165, 1.54) is 35.2 Å². The topological polar surface area (TPSA) is 126 Å². The molecule has 0 spiro atoms. The number of thioether (sulfide) groups is 1. The molecule has 0 atom stereocenters. The van der Waals surface area contributed by atoms with Gasteiger partial charge in [0, 0.05) is 30.8 Å². The van der Waals surface area contributed by atoms with E-state index >= 15 is 0 Å². The van der Waals surface area contributed by atoms with E-state index in [0.717, 1.165) is 11.8 Å². The van der Waals surface area contributed by atoms with Crippen LogP contribution in [-0.4, -0.2) is 39.0 Å². The highest BCUT2D eigenvalue weighted by Crippen LogP contribution is 2.36. The van der Waals surface area contributed by atoms with Gasteiger partial charge in [-0.3, -0.25) is 19.8 Å². The van der Waals surface area contributed by atoms with E-state index in [0.29, 0.717) is 32.8 Å². The van der Waals surface area contributed by atoms with Gasteiger partial charge >= 0.3 is 5.97 Å². The van der Waals surface area contributed by atoms with Crippen molar-refractivity contribution in [3.8, 4) is 11.3 Å². The maximum absolute atomic E-state index is 12.6. The van der Waals surface area contributed by atoms with Crippen LogP contribution in [0, 0.1) is 10.1 Å². The summed E-state index contributed by atoms with van der Waals surface area (Å²) in [6.07, 6.45) is 1.57. The van der Waals surface area contributed by atoms with Gasteiger partial charge in [-0.2, -0.15) is 0 Å². The Morgan fingerprint density at radius 3 is 2.58 bits per heavy atom. The van der Waals surface area contributed by atoms with Gasteiger partial charge in [-0.05, 0) is 54.2 Å². The van der Waals surface area contributed by atoms with Gasteiger partial charge in [0.25, 0.3) is 11.6 Å². The summed E-state index contributed by atoms with van der Waals surface area (Å²) in [5, 5.41) is 20.5. The molecule has 0 saturated carbocycles. The summed E-state index contributed by atoms with van der Waals surface area (Å²) in [4.78, 5) is 40.2. The first-order chi connectivity index (χ1) is 15.7.